The van der Waals surface area contributed by atoms with Gasteiger partial charge in [0.2, 0.25) is 0 Å². The number of fused-ring (bicyclic) bond motifs is 1. The molecule has 0 spiro atoms. The molecule has 1 aromatic heterocycles. The number of Topliss-reactive ketones (excluding diaryl/α,β-unsaturated/α-hetero) is 1. The summed E-state index contributed by atoms with van der Waals surface area (Å²) < 4.78 is 11.6. The lowest BCUT2D eigenvalue weighted by Crippen LogP contribution is -2.45. The maximum atomic E-state index is 13.2. The molecule has 194 valence electrons. The fourth-order valence-electron chi connectivity index (χ4n) is 4.76. The zero-order valence-corrected chi connectivity index (χ0v) is 21.9. The van der Waals surface area contributed by atoms with Gasteiger partial charge in [0.1, 0.15) is 11.9 Å². The lowest BCUT2D eigenvalue weighted by atomic mass is 9.73. The number of aldehydes is 1. The molecule has 0 bridgehead atoms. The van der Waals surface area contributed by atoms with Crippen LogP contribution in [0.1, 0.15) is 82.2 Å². The average molecular weight is 508 g/mol. The number of cyclic esters (lactones) is 1. The molecule has 0 radical (unpaired) electrons. The van der Waals surface area contributed by atoms with Gasteiger partial charge in [0.15, 0.2) is 11.3 Å². The third kappa shape index (κ3) is 6.84. The van der Waals surface area contributed by atoms with Gasteiger partial charge in [0.25, 0.3) is 0 Å². The molecule has 8 nitrogen and oxygen atoms in total. The van der Waals surface area contributed by atoms with Crippen molar-refractivity contribution in [2.75, 3.05) is 0 Å². The predicted octanol–water partition coefficient (Wildman–Crippen LogP) is 3.59. The van der Waals surface area contributed by atoms with Crippen LogP contribution < -0.4 is 0 Å². The van der Waals surface area contributed by atoms with Gasteiger partial charge in [0.05, 0.1) is 41.9 Å². The Morgan fingerprint density at radius 3 is 2.57 bits per heavy atom. The third-order valence-corrected chi connectivity index (χ3v) is 8.21. The number of nitrogens with zero attached hydrogens (tertiary/aromatic N) is 1. The van der Waals surface area contributed by atoms with Gasteiger partial charge in [-0.05, 0) is 37.3 Å². The first-order valence-electron chi connectivity index (χ1n) is 12.3. The van der Waals surface area contributed by atoms with Gasteiger partial charge in [-0.3, -0.25) is 14.4 Å². The molecular weight excluding hydrogens is 470 g/mol. The lowest BCUT2D eigenvalue weighted by Gasteiger charge is -2.34. The smallest absolute Gasteiger partial charge is 0.309 e. The Balaban J connectivity index is 1.82. The largest absolute Gasteiger partial charge is 0.458 e. The summed E-state index contributed by atoms with van der Waals surface area (Å²) in [6, 6.07) is 0. The van der Waals surface area contributed by atoms with Crippen LogP contribution in [0.15, 0.2) is 11.0 Å². The van der Waals surface area contributed by atoms with E-state index in [1.165, 1.54) is 11.3 Å². The number of hydrogen-bond acceptors (Lipinski definition) is 9. The molecule has 2 fully saturated rings. The summed E-state index contributed by atoms with van der Waals surface area (Å²) in [6.45, 7) is 8.65. The summed E-state index contributed by atoms with van der Waals surface area (Å²) in [5.41, 5.74) is 0.138. The molecule has 0 unspecified atom stereocenters. The monoisotopic (exact) mass is 507 g/mol. The Labute approximate surface area is 210 Å². The van der Waals surface area contributed by atoms with Crippen LogP contribution >= 0.6 is 11.3 Å². The van der Waals surface area contributed by atoms with E-state index in [-0.39, 0.29) is 30.3 Å². The van der Waals surface area contributed by atoms with Crippen molar-refractivity contribution in [2.24, 2.45) is 17.3 Å². The van der Waals surface area contributed by atoms with Gasteiger partial charge < -0.3 is 19.7 Å². The van der Waals surface area contributed by atoms with Crippen molar-refractivity contribution in [3.8, 4) is 0 Å². The van der Waals surface area contributed by atoms with E-state index in [1.807, 2.05) is 13.8 Å². The minimum absolute atomic E-state index is 0.0490. The highest BCUT2D eigenvalue weighted by Gasteiger charge is 2.44. The van der Waals surface area contributed by atoms with Crippen LogP contribution in [0, 0.1) is 17.3 Å². The van der Waals surface area contributed by atoms with E-state index in [4.69, 9.17) is 9.47 Å². The van der Waals surface area contributed by atoms with Crippen molar-refractivity contribution in [1.29, 1.82) is 0 Å². The number of ether oxygens (including phenoxy) is 2. The molecule has 0 amide bonds. The number of aliphatic hydroxyl groups is 2. The van der Waals surface area contributed by atoms with Crippen molar-refractivity contribution >= 4 is 35.5 Å². The highest BCUT2D eigenvalue weighted by molar-refractivity contribution is 7.11. The molecule has 3 rings (SSSR count). The zero-order valence-electron chi connectivity index (χ0n) is 21.1. The van der Waals surface area contributed by atoms with Crippen LogP contribution in [0.25, 0.3) is 6.08 Å². The first kappa shape index (κ1) is 27.6. The predicted molar refractivity (Wildman–Crippen MR) is 132 cm³/mol. The molecule has 3 heterocycles. The fraction of sp³-hybridized carbons (Fsp3) is 0.692. The van der Waals surface area contributed by atoms with E-state index in [0.29, 0.717) is 23.4 Å². The molecule has 2 saturated heterocycles. The second-order valence-corrected chi connectivity index (χ2v) is 11.4. The van der Waals surface area contributed by atoms with Crippen molar-refractivity contribution in [3.63, 3.8) is 0 Å². The van der Waals surface area contributed by atoms with Gasteiger partial charge >= 0.3 is 5.97 Å². The molecule has 7 atom stereocenters. The van der Waals surface area contributed by atoms with E-state index in [0.717, 1.165) is 24.8 Å². The van der Waals surface area contributed by atoms with Gasteiger partial charge in [-0.25, -0.2) is 4.98 Å². The molecule has 35 heavy (non-hydrogen) atoms. The van der Waals surface area contributed by atoms with E-state index < -0.39 is 35.6 Å². The van der Waals surface area contributed by atoms with Crippen molar-refractivity contribution in [3.05, 3.63) is 21.7 Å². The SMILES string of the molecule is CC(=Cc1csc(C=O)n1)[C@H]1C[C@H]2O[C@H]2CCC[C@@H](C)[C@@H](O)[C@H](C)C(=O)C(C)(C)[C@H](O)CC(=O)O1. The van der Waals surface area contributed by atoms with Crippen LogP contribution in [0.2, 0.25) is 0 Å². The minimum Gasteiger partial charge on any atom is -0.458 e. The number of rotatable bonds is 3. The number of carbonyl (C=O) groups is 3. The second-order valence-electron chi connectivity index (χ2n) is 10.5. The third-order valence-electron chi connectivity index (χ3n) is 7.42. The summed E-state index contributed by atoms with van der Waals surface area (Å²) in [4.78, 5) is 41.2. The molecule has 9 heteroatoms. The quantitative estimate of drug-likeness (QED) is 0.361. The Kier molecular flexibility index (Phi) is 9.01. The standard InChI is InChI=1S/C26H37NO7S/c1-14-7-6-8-18-20(33-18)10-19(15(2)9-17-13-35-22(12-28)27-17)34-23(30)11-21(29)26(4,5)25(32)16(3)24(14)31/h9,12-14,16,18-21,24,29,31H,6-8,10-11H2,1-5H3/t14-,16+,18+,19-,20-,21-,24-/m1/s1. The topological polar surface area (TPSA) is 126 Å². The fourth-order valence-corrected chi connectivity index (χ4v) is 5.33. The van der Waals surface area contributed by atoms with Crippen LogP contribution in [0.3, 0.4) is 0 Å². The van der Waals surface area contributed by atoms with Crippen LogP contribution in [0.5, 0.6) is 0 Å². The van der Waals surface area contributed by atoms with Crippen LogP contribution in [-0.4, -0.2) is 63.8 Å². The summed E-state index contributed by atoms with van der Waals surface area (Å²) in [7, 11) is 0. The van der Waals surface area contributed by atoms with E-state index in [2.05, 4.69) is 4.98 Å². The second kappa shape index (κ2) is 11.4. The number of esters is 1. The Hall–Kier alpha value is -1.94. The number of aliphatic hydroxyl groups excluding tert-OH is 2. The van der Waals surface area contributed by atoms with E-state index in [1.54, 1.807) is 32.2 Å². The summed E-state index contributed by atoms with van der Waals surface area (Å²) in [5.74, 6) is -1.65. The Bertz CT molecular complexity index is 955. The number of carbonyl (C=O) groups excluding carboxylic acids is 3. The maximum Gasteiger partial charge on any atom is 0.309 e. The number of hydrogen-bond donors (Lipinski definition) is 2. The Morgan fingerprint density at radius 1 is 1.20 bits per heavy atom. The number of epoxide rings is 1. The first-order chi connectivity index (χ1) is 16.4. The molecule has 1 aromatic rings. The molecule has 2 aliphatic rings. The first-order valence-corrected chi connectivity index (χ1v) is 13.2. The Morgan fingerprint density at radius 2 is 1.91 bits per heavy atom. The molecule has 0 saturated carbocycles. The summed E-state index contributed by atoms with van der Waals surface area (Å²) in [6.07, 6.45) is 2.37. The molecule has 0 aliphatic carbocycles. The lowest BCUT2D eigenvalue weighted by molar-refractivity contribution is -0.154. The number of ketones is 1. The highest BCUT2D eigenvalue weighted by Crippen LogP contribution is 2.36. The summed E-state index contributed by atoms with van der Waals surface area (Å²) in [5, 5.41) is 23.7. The van der Waals surface area contributed by atoms with Gasteiger partial charge in [-0.1, -0.05) is 34.1 Å². The number of thiazole rings is 1. The summed E-state index contributed by atoms with van der Waals surface area (Å²) >= 11 is 1.24. The minimum atomic E-state index is -1.26. The zero-order chi connectivity index (χ0) is 25.9. The molecule has 0 aromatic carbocycles. The van der Waals surface area contributed by atoms with Crippen molar-refractivity contribution < 1.29 is 34.1 Å². The molecular formula is C26H37NO7S. The van der Waals surface area contributed by atoms with E-state index >= 15 is 0 Å². The highest BCUT2D eigenvalue weighted by atomic mass is 32.1. The molecule has 2 N–H and O–H groups in total. The molecule has 2 aliphatic heterocycles. The average Bonchev–Trinajstić information content (AvgIpc) is 3.38. The van der Waals surface area contributed by atoms with Gasteiger partial charge in [0, 0.05) is 17.7 Å². The normalized spacial score (nSPS) is 35.2. The maximum absolute atomic E-state index is 13.2. The van der Waals surface area contributed by atoms with Gasteiger partial charge in [-0.15, -0.1) is 11.3 Å². The number of aromatic nitrogens is 1. The van der Waals surface area contributed by atoms with Crippen molar-refractivity contribution in [1.82, 2.24) is 4.98 Å². The van der Waals surface area contributed by atoms with Gasteiger partial charge in [-0.2, -0.15) is 0 Å². The van der Waals surface area contributed by atoms with Crippen LogP contribution in [-0.2, 0) is 19.1 Å². The van der Waals surface area contributed by atoms with Crippen LogP contribution in [0.4, 0.5) is 0 Å². The van der Waals surface area contributed by atoms with Crippen molar-refractivity contribution in [2.45, 2.75) is 97.2 Å². The van der Waals surface area contributed by atoms with E-state index in [9.17, 15) is 24.6 Å².